The molecule has 176 valence electrons. The van der Waals surface area contributed by atoms with Crippen LogP contribution in [0.1, 0.15) is 30.5 Å². The van der Waals surface area contributed by atoms with Crippen molar-refractivity contribution in [3.05, 3.63) is 94.7 Å². The average Bonchev–Trinajstić information content (AvgIpc) is 3.49. The fraction of sp³-hybridized carbons (Fsp3) is 0.160. The van der Waals surface area contributed by atoms with Crippen LogP contribution in [0.5, 0.6) is 0 Å². The van der Waals surface area contributed by atoms with E-state index in [0.29, 0.717) is 11.6 Å². The number of aliphatic imine (C=N–C) groups is 2. The SMILES string of the molecule is CC1=Nc2ccc(Br)cc2C2=NC=C(NN3C(=O)C(C)SC3c3ccco3)N(c3ccccc3)N12. The summed E-state index contributed by atoms with van der Waals surface area (Å²) in [6.45, 7) is 3.85. The van der Waals surface area contributed by atoms with Crippen LogP contribution in [-0.4, -0.2) is 32.8 Å². The summed E-state index contributed by atoms with van der Waals surface area (Å²) in [5.74, 6) is 2.81. The van der Waals surface area contributed by atoms with E-state index in [1.165, 1.54) is 11.8 Å². The minimum Gasteiger partial charge on any atom is -0.466 e. The Labute approximate surface area is 215 Å². The number of anilines is 1. The van der Waals surface area contributed by atoms with Crippen LogP contribution < -0.4 is 10.4 Å². The average molecular weight is 549 g/mol. The largest absolute Gasteiger partial charge is 0.466 e. The first-order chi connectivity index (χ1) is 17.0. The van der Waals surface area contributed by atoms with E-state index in [1.54, 1.807) is 17.5 Å². The number of carbonyl (C=O) groups is 1. The Morgan fingerprint density at radius 3 is 2.69 bits per heavy atom. The number of furan rings is 1. The lowest BCUT2D eigenvalue weighted by molar-refractivity contribution is -0.132. The molecule has 0 spiro atoms. The number of fused-ring (bicyclic) bond motifs is 3. The van der Waals surface area contributed by atoms with Crippen LogP contribution in [0.2, 0.25) is 0 Å². The molecule has 0 radical (unpaired) electrons. The van der Waals surface area contributed by atoms with Crippen molar-refractivity contribution >= 4 is 56.6 Å². The number of hydrogen-bond acceptors (Lipinski definition) is 8. The van der Waals surface area contributed by atoms with Gasteiger partial charge in [-0.3, -0.25) is 10.2 Å². The van der Waals surface area contributed by atoms with Gasteiger partial charge in [0.2, 0.25) is 0 Å². The third-order valence-corrected chi connectivity index (χ3v) is 7.71. The molecule has 10 heteroatoms. The Balaban J connectivity index is 1.46. The van der Waals surface area contributed by atoms with E-state index in [9.17, 15) is 4.79 Å². The maximum absolute atomic E-state index is 13.2. The van der Waals surface area contributed by atoms with E-state index in [2.05, 4.69) is 21.4 Å². The van der Waals surface area contributed by atoms with E-state index < -0.39 is 0 Å². The minimum absolute atomic E-state index is 0.0293. The van der Waals surface area contributed by atoms with Crippen LogP contribution in [0.15, 0.2) is 97.8 Å². The van der Waals surface area contributed by atoms with Crippen molar-refractivity contribution in [1.82, 2.24) is 15.4 Å². The molecule has 1 aromatic heterocycles. The van der Waals surface area contributed by atoms with Gasteiger partial charge in [-0.2, -0.15) is 0 Å². The van der Waals surface area contributed by atoms with Gasteiger partial charge in [0, 0.05) is 10.0 Å². The summed E-state index contributed by atoms with van der Waals surface area (Å²) in [6.07, 6.45) is 3.37. The molecule has 3 aliphatic rings. The molecule has 2 atom stereocenters. The highest BCUT2D eigenvalue weighted by Crippen LogP contribution is 2.43. The third-order valence-electron chi connectivity index (χ3n) is 5.90. The van der Waals surface area contributed by atoms with Gasteiger partial charge in [0.15, 0.2) is 17.0 Å². The summed E-state index contributed by atoms with van der Waals surface area (Å²) in [5.41, 5.74) is 6.02. The summed E-state index contributed by atoms with van der Waals surface area (Å²) in [5, 5.41) is 5.06. The van der Waals surface area contributed by atoms with Crippen molar-refractivity contribution in [2.24, 2.45) is 9.98 Å². The first-order valence-corrected chi connectivity index (χ1v) is 12.8. The number of nitrogens with one attached hydrogen (secondary N) is 1. The molecular weight excluding hydrogens is 528 g/mol. The van der Waals surface area contributed by atoms with Crippen LogP contribution in [-0.2, 0) is 4.79 Å². The van der Waals surface area contributed by atoms with Crippen LogP contribution in [0.25, 0.3) is 0 Å². The van der Waals surface area contributed by atoms with Crippen LogP contribution in [0.3, 0.4) is 0 Å². The molecule has 0 saturated carbocycles. The van der Waals surface area contributed by atoms with Crippen molar-refractivity contribution in [1.29, 1.82) is 0 Å². The summed E-state index contributed by atoms with van der Waals surface area (Å²) >= 11 is 5.11. The fourth-order valence-corrected chi connectivity index (χ4v) is 5.83. The predicted molar refractivity (Wildman–Crippen MR) is 141 cm³/mol. The van der Waals surface area contributed by atoms with Gasteiger partial charge in [-0.25, -0.2) is 25.0 Å². The second-order valence-corrected chi connectivity index (χ2v) is 10.6. The molecule has 0 aliphatic carbocycles. The molecule has 1 fully saturated rings. The number of benzene rings is 2. The number of hydrogen-bond donors (Lipinski definition) is 1. The highest BCUT2D eigenvalue weighted by atomic mass is 79.9. The van der Waals surface area contributed by atoms with Crippen molar-refractivity contribution < 1.29 is 9.21 Å². The second-order valence-electron chi connectivity index (χ2n) is 8.21. The Bertz CT molecular complexity index is 1390. The fourth-order valence-electron chi connectivity index (χ4n) is 4.31. The molecule has 1 saturated heterocycles. The van der Waals surface area contributed by atoms with Crippen molar-refractivity contribution in [2.45, 2.75) is 24.5 Å². The number of nitrogens with zero attached hydrogens (tertiary/aromatic N) is 5. The summed E-state index contributed by atoms with van der Waals surface area (Å²) in [7, 11) is 0. The topological polar surface area (TPSA) is 76.7 Å². The first-order valence-electron chi connectivity index (χ1n) is 11.1. The lowest BCUT2D eigenvalue weighted by Gasteiger charge is -2.43. The number of para-hydroxylation sites is 1. The van der Waals surface area contributed by atoms with Gasteiger partial charge in [-0.1, -0.05) is 34.1 Å². The van der Waals surface area contributed by atoms with Gasteiger partial charge in [-0.15, -0.1) is 11.8 Å². The number of thioether (sulfide) groups is 1. The minimum atomic E-state index is -0.302. The molecule has 35 heavy (non-hydrogen) atoms. The number of hydrazine groups is 2. The Kier molecular flexibility index (Phi) is 5.42. The number of rotatable bonds is 4. The summed E-state index contributed by atoms with van der Waals surface area (Å²) < 4.78 is 6.60. The highest BCUT2D eigenvalue weighted by Gasteiger charge is 2.43. The Morgan fingerprint density at radius 2 is 1.91 bits per heavy atom. The number of halogens is 1. The third kappa shape index (κ3) is 3.73. The van der Waals surface area contributed by atoms with Gasteiger partial charge >= 0.3 is 0 Å². The highest BCUT2D eigenvalue weighted by molar-refractivity contribution is 9.10. The number of amidine groups is 2. The van der Waals surface area contributed by atoms with Crippen LogP contribution >= 0.6 is 27.7 Å². The molecule has 2 unspecified atom stereocenters. The monoisotopic (exact) mass is 548 g/mol. The lowest BCUT2D eigenvalue weighted by atomic mass is 10.1. The second kappa shape index (κ2) is 8.62. The standard InChI is InChI=1S/C25H21BrN6O2S/c1-15-24(33)30(25(35-15)21-9-6-12-34-21)29-22-14-27-23-19-13-17(26)10-11-20(19)28-16(2)31(23)32(22)18-7-4-3-5-8-18/h3-15,25,29H,1-2H3. The molecule has 3 aliphatic heterocycles. The zero-order chi connectivity index (χ0) is 24.1. The van der Waals surface area contributed by atoms with Crippen molar-refractivity contribution in [3.63, 3.8) is 0 Å². The molecule has 6 rings (SSSR count). The van der Waals surface area contributed by atoms with E-state index in [1.807, 2.05) is 84.5 Å². The van der Waals surface area contributed by atoms with Crippen LogP contribution in [0.4, 0.5) is 11.4 Å². The predicted octanol–water partition coefficient (Wildman–Crippen LogP) is 5.56. The Morgan fingerprint density at radius 1 is 1.09 bits per heavy atom. The number of carbonyl (C=O) groups excluding carboxylic acids is 1. The molecule has 8 nitrogen and oxygen atoms in total. The zero-order valence-corrected chi connectivity index (χ0v) is 21.3. The van der Waals surface area contributed by atoms with Gasteiger partial charge < -0.3 is 4.42 Å². The quantitative estimate of drug-likeness (QED) is 0.460. The summed E-state index contributed by atoms with van der Waals surface area (Å²) in [6, 6.07) is 19.6. The van der Waals surface area contributed by atoms with Crippen LogP contribution in [0, 0.1) is 0 Å². The van der Waals surface area contributed by atoms with E-state index in [-0.39, 0.29) is 16.5 Å². The molecule has 2 aromatic carbocycles. The zero-order valence-electron chi connectivity index (χ0n) is 18.9. The van der Waals surface area contributed by atoms with Gasteiger partial charge in [0.1, 0.15) is 11.6 Å². The smallest absolute Gasteiger partial charge is 0.255 e. The summed E-state index contributed by atoms with van der Waals surface area (Å²) in [4.78, 5) is 22.8. The molecule has 1 amide bonds. The first kappa shape index (κ1) is 22.0. The van der Waals surface area contributed by atoms with E-state index in [4.69, 9.17) is 14.4 Å². The Hall–Kier alpha value is -3.50. The molecule has 1 N–H and O–H groups in total. The van der Waals surface area contributed by atoms with Crippen molar-refractivity contribution in [3.8, 4) is 0 Å². The number of amides is 1. The molecule has 3 aromatic rings. The van der Waals surface area contributed by atoms with Gasteiger partial charge in [-0.05, 0) is 56.3 Å². The normalized spacial score (nSPS) is 21.3. The maximum atomic E-state index is 13.2. The van der Waals surface area contributed by atoms with Crippen molar-refractivity contribution in [2.75, 3.05) is 5.01 Å². The maximum Gasteiger partial charge on any atom is 0.255 e. The lowest BCUT2D eigenvalue weighted by Crippen LogP contribution is -2.57. The van der Waals surface area contributed by atoms with E-state index in [0.717, 1.165) is 33.1 Å². The van der Waals surface area contributed by atoms with Gasteiger partial charge in [0.25, 0.3) is 5.91 Å². The van der Waals surface area contributed by atoms with E-state index >= 15 is 0 Å². The van der Waals surface area contributed by atoms with Gasteiger partial charge in [0.05, 0.1) is 29.1 Å². The molecular formula is C25H21BrN6O2S. The molecule has 4 heterocycles. The molecule has 0 bridgehead atoms.